The van der Waals surface area contributed by atoms with Crippen molar-refractivity contribution in [2.75, 3.05) is 19.7 Å². The molecule has 2 aliphatic rings. The molecule has 2 atom stereocenters. The van der Waals surface area contributed by atoms with Gasteiger partial charge in [0.1, 0.15) is 0 Å². The van der Waals surface area contributed by atoms with E-state index in [9.17, 15) is 4.79 Å². The van der Waals surface area contributed by atoms with Crippen molar-refractivity contribution in [3.8, 4) is 0 Å². The maximum atomic E-state index is 12.6. The van der Waals surface area contributed by atoms with E-state index < -0.39 is 0 Å². The predicted octanol–water partition coefficient (Wildman–Crippen LogP) is 3.21. The van der Waals surface area contributed by atoms with Gasteiger partial charge in [-0.3, -0.25) is 4.79 Å². The fourth-order valence-corrected chi connectivity index (χ4v) is 3.92. The minimum atomic E-state index is -0.215. The summed E-state index contributed by atoms with van der Waals surface area (Å²) >= 11 is 0. The molecule has 4 heteroatoms. The number of rotatable bonds is 5. The van der Waals surface area contributed by atoms with Gasteiger partial charge in [-0.2, -0.15) is 0 Å². The van der Waals surface area contributed by atoms with Crippen molar-refractivity contribution >= 4 is 5.91 Å². The molecule has 2 heterocycles. The maximum absolute atomic E-state index is 12.6. The Morgan fingerprint density at radius 1 is 1.08 bits per heavy atom. The number of nitrogens with zero attached hydrogens (tertiary/aromatic N) is 1. The summed E-state index contributed by atoms with van der Waals surface area (Å²) in [7, 11) is 0. The molecule has 0 bridgehead atoms. The fourth-order valence-electron chi connectivity index (χ4n) is 3.92. The van der Waals surface area contributed by atoms with Crippen LogP contribution in [-0.4, -0.2) is 42.2 Å². The predicted molar refractivity (Wildman–Crippen MR) is 99.7 cm³/mol. The van der Waals surface area contributed by atoms with Crippen LogP contribution >= 0.6 is 0 Å². The van der Waals surface area contributed by atoms with Crippen LogP contribution in [0.4, 0.5) is 0 Å². The van der Waals surface area contributed by atoms with Crippen LogP contribution in [0.1, 0.15) is 24.0 Å². The molecule has 2 saturated heterocycles. The maximum Gasteiger partial charge on any atom is 0.227 e. The van der Waals surface area contributed by atoms with E-state index in [1.54, 1.807) is 0 Å². The average molecular weight is 351 g/mol. The summed E-state index contributed by atoms with van der Waals surface area (Å²) in [5.41, 5.74) is 2.03. The summed E-state index contributed by atoms with van der Waals surface area (Å²) in [5.74, 6) is 0.185. The van der Waals surface area contributed by atoms with Gasteiger partial charge in [0.15, 0.2) is 0 Å². The van der Waals surface area contributed by atoms with Gasteiger partial charge < -0.3 is 14.4 Å². The second-order valence-electron chi connectivity index (χ2n) is 7.34. The molecule has 2 fully saturated rings. The minimum absolute atomic E-state index is 0.111. The first-order valence-electron chi connectivity index (χ1n) is 9.34. The van der Waals surface area contributed by atoms with Gasteiger partial charge in [-0.15, -0.1) is 0 Å². The number of ether oxygens (including phenoxy) is 2. The molecule has 2 aliphatic heterocycles. The summed E-state index contributed by atoms with van der Waals surface area (Å²) in [6, 6.07) is 20.1. The molecule has 1 spiro atoms. The van der Waals surface area contributed by atoms with Crippen LogP contribution in [0.15, 0.2) is 60.7 Å². The number of likely N-dealkylation sites (tertiary alicyclic amines) is 1. The number of carbonyl (C=O) groups excluding carboxylic acids is 1. The van der Waals surface area contributed by atoms with E-state index in [1.165, 1.54) is 5.56 Å². The van der Waals surface area contributed by atoms with Crippen LogP contribution < -0.4 is 0 Å². The van der Waals surface area contributed by atoms with E-state index in [0.29, 0.717) is 26.2 Å². The fraction of sp³-hybridized carbons (Fsp3) is 0.409. The van der Waals surface area contributed by atoms with Crippen molar-refractivity contribution < 1.29 is 14.3 Å². The summed E-state index contributed by atoms with van der Waals surface area (Å²) in [6.07, 6.45) is 2.35. The first kappa shape index (κ1) is 17.3. The van der Waals surface area contributed by atoms with Crippen molar-refractivity contribution in [1.82, 2.24) is 4.90 Å². The van der Waals surface area contributed by atoms with Gasteiger partial charge >= 0.3 is 0 Å². The van der Waals surface area contributed by atoms with Gasteiger partial charge in [-0.25, -0.2) is 0 Å². The molecule has 0 aliphatic carbocycles. The first-order chi connectivity index (χ1) is 12.7. The van der Waals surface area contributed by atoms with Crippen LogP contribution in [0.5, 0.6) is 0 Å². The van der Waals surface area contributed by atoms with E-state index in [4.69, 9.17) is 9.47 Å². The Morgan fingerprint density at radius 2 is 1.77 bits per heavy atom. The summed E-state index contributed by atoms with van der Waals surface area (Å²) in [4.78, 5) is 14.5. The Kier molecular flexibility index (Phi) is 5.05. The zero-order chi connectivity index (χ0) is 17.8. The van der Waals surface area contributed by atoms with Crippen LogP contribution in [-0.2, 0) is 27.3 Å². The van der Waals surface area contributed by atoms with Crippen LogP contribution in [0.2, 0.25) is 0 Å². The minimum Gasteiger partial charge on any atom is -0.371 e. The monoisotopic (exact) mass is 351 g/mol. The number of amides is 1. The Labute approximate surface area is 154 Å². The molecule has 26 heavy (non-hydrogen) atoms. The molecule has 0 saturated carbocycles. The van der Waals surface area contributed by atoms with E-state index >= 15 is 0 Å². The number of benzene rings is 2. The van der Waals surface area contributed by atoms with Crippen LogP contribution in [0.25, 0.3) is 0 Å². The van der Waals surface area contributed by atoms with Crippen molar-refractivity contribution in [1.29, 1.82) is 0 Å². The number of hydrogen-bond acceptors (Lipinski definition) is 3. The Morgan fingerprint density at radius 3 is 2.50 bits per heavy atom. The molecular weight excluding hydrogens is 326 g/mol. The molecule has 0 N–H and O–H groups in total. The van der Waals surface area contributed by atoms with Crippen molar-refractivity contribution in [2.24, 2.45) is 0 Å². The highest BCUT2D eigenvalue weighted by molar-refractivity contribution is 5.79. The molecule has 136 valence electrons. The van der Waals surface area contributed by atoms with Crippen molar-refractivity contribution in [3.05, 3.63) is 71.8 Å². The van der Waals surface area contributed by atoms with Crippen molar-refractivity contribution in [3.63, 3.8) is 0 Å². The van der Waals surface area contributed by atoms with Crippen LogP contribution in [0.3, 0.4) is 0 Å². The van der Waals surface area contributed by atoms with E-state index in [2.05, 4.69) is 12.1 Å². The van der Waals surface area contributed by atoms with E-state index in [1.807, 2.05) is 53.4 Å². The highest BCUT2D eigenvalue weighted by Crippen LogP contribution is 2.36. The molecule has 1 amide bonds. The largest absolute Gasteiger partial charge is 0.371 e. The number of hydrogen-bond donors (Lipinski definition) is 0. The molecular formula is C22H25NO3. The van der Waals surface area contributed by atoms with Gasteiger partial charge in [0.2, 0.25) is 5.91 Å². The SMILES string of the molecule is O=C(Cc1ccccc1)N1CCC2(CC(OCc3ccccc3)CO2)C1. The topological polar surface area (TPSA) is 38.8 Å². The lowest BCUT2D eigenvalue weighted by atomic mass is 9.98. The molecule has 2 unspecified atom stereocenters. The van der Waals surface area contributed by atoms with Gasteiger partial charge in [0, 0.05) is 19.5 Å². The third kappa shape index (κ3) is 3.97. The van der Waals surface area contributed by atoms with Gasteiger partial charge in [0.25, 0.3) is 0 Å². The molecule has 2 aromatic rings. The third-order valence-corrected chi connectivity index (χ3v) is 5.37. The highest BCUT2D eigenvalue weighted by atomic mass is 16.6. The Hall–Kier alpha value is -2.17. The lowest BCUT2D eigenvalue weighted by Gasteiger charge is -2.23. The second kappa shape index (κ2) is 7.60. The first-order valence-corrected chi connectivity index (χ1v) is 9.34. The van der Waals surface area contributed by atoms with Crippen molar-refractivity contribution in [2.45, 2.75) is 37.6 Å². The van der Waals surface area contributed by atoms with Gasteiger partial charge in [0.05, 0.1) is 31.3 Å². The molecule has 0 aromatic heterocycles. The molecule has 2 aromatic carbocycles. The van der Waals surface area contributed by atoms with E-state index in [0.717, 1.165) is 24.9 Å². The Balaban J connectivity index is 1.28. The summed E-state index contributed by atoms with van der Waals surface area (Å²) in [5, 5.41) is 0. The van der Waals surface area contributed by atoms with Crippen LogP contribution in [0, 0.1) is 0 Å². The summed E-state index contributed by atoms with van der Waals surface area (Å²) in [6.45, 7) is 2.69. The van der Waals surface area contributed by atoms with Gasteiger partial charge in [-0.1, -0.05) is 60.7 Å². The zero-order valence-electron chi connectivity index (χ0n) is 15.0. The lowest BCUT2D eigenvalue weighted by molar-refractivity contribution is -0.130. The number of carbonyl (C=O) groups is 1. The van der Waals surface area contributed by atoms with Gasteiger partial charge in [-0.05, 0) is 17.5 Å². The standard InChI is InChI=1S/C22H25NO3/c24-21(13-18-7-3-1-4-8-18)23-12-11-22(17-23)14-20(16-26-22)25-15-19-9-5-2-6-10-19/h1-10,20H,11-17H2. The lowest BCUT2D eigenvalue weighted by Crippen LogP contribution is -2.36. The Bertz CT molecular complexity index is 734. The molecule has 0 radical (unpaired) electrons. The summed E-state index contributed by atoms with van der Waals surface area (Å²) < 4.78 is 12.2. The average Bonchev–Trinajstić information content (AvgIpc) is 3.29. The highest BCUT2D eigenvalue weighted by Gasteiger charge is 2.47. The molecule has 4 rings (SSSR count). The quantitative estimate of drug-likeness (QED) is 0.830. The third-order valence-electron chi connectivity index (χ3n) is 5.37. The normalized spacial score (nSPS) is 25.1. The molecule has 4 nitrogen and oxygen atoms in total. The smallest absolute Gasteiger partial charge is 0.227 e. The zero-order valence-corrected chi connectivity index (χ0v) is 15.0. The second-order valence-corrected chi connectivity index (χ2v) is 7.34. The van der Waals surface area contributed by atoms with E-state index in [-0.39, 0.29) is 17.6 Å².